The van der Waals surface area contributed by atoms with Crippen LogP contribution in [0.2, 0.25) is 5.02 Å². The Labute approximate surface area is 164 Å². The summed E-state index contributed by atoms with van der Waals surface area (Å²) in [7, 11) is 0. The van der Waals surface area contributed by atoms with Gasteiger partial charge in [0.15, 0.2) is 0 Å². The van der Waals surface area contributed by atoms with Gasteiger partial charge in [0.25, 0.3) is 5.91 Å². The fourth-order valence-electron chi connectivity index (χ4n) is 2.67. The van der Waals surface area contributed by atoms with Gasteiger partial charge in [0.05, 0.1) is 12.7 Å². The second-order valence-electron chi connectivity index (χ2n) is 6.04. The number of anilines is 1. The van der Waals surface area contributed by atoms with Crippen molar-refractivity contribution in [3.63, 3.8) is 0 Å². The first-order valence-corrected chi connectivity index (χ1v) is 8.76. The summed E-state index contributed by atoms with van der Waals surface area (Å²) in [6.07, 6.45) is 1.59. The summed E-state index contributed by atoms with van der Waals surface area (Å²) >= 11 is 5.90. The van der Waals surface area contributed by atoms with E-state index in [1.54, 1.807) is 41.2 Å². The molecule has 2 aromatic carbocycles. The molecule has 140 valence electrons. The van der Waals surface area contributed by atoms with Gasteiger partial charge < -0.3 is 9.84 Å². The smallest absolute Gasteiger partial charge is 0.295 e. The standard InChI is InChI=1S/C20H14ClFN4O2/c21-15-6-4-13(5-7-15)12-26-19(8-9-23-26)24-20(27)18-11-17(25-28-18)14-2-1-3-16(22)10-14/h1-11H,12H2,(H,24,27). The number of amides is 1. The largest absolute Gasteiger partial charge is 0.350 e. The number of carbonyl (C=O) groups excluding carboxylic acids is 1. The summed E-state index contributed by atoms with van der Waals surface area (Å²) in [5.41, 5.74) is 1.88. The van der Waals surface area contributed by atoms with Crippen molar-refractivity contribution in [1.29, 1.82) is 0 Å². The maximum atomic E-state index is 13.4. The van der Waals surface area contributed by atoms with Gasteiger partial charge in [-0.25, -0.2) is 9.07 Å². The number of halogens is 2. The highest BCUT2D eigenvalue weighted by Gasteiger charge is 2.16. The van der Waals surface area contributed by atoms with E-state index in [9.17, 15) is 9.18 Å². The van der Waals surface area contributed by atoms with Crippen molar-refractivity contribution in [2.45, 2.75) is 6.54 Å². The van der Waals surface area contributed by atoms with Gasteiger partial charge in [-0.2, -0.15) is 5.10 Å². The minimum Gasteiger partial charge on any atom is -0.350 e. The Bertz CT molecular complexity index is 1120. The van der Waals surface area contributed by atoms with E-state index in [-0.39, 0.29) is 5.76 Å². The highest BCUT2D eigenvalue weighted by atomic mass is 35.5. The van der Waals surface area contributed by atoms with Crippen LogP contribution in [0.1, 0.15) is 16.1 Å². The molecule has 0 saturated carbocycles. The van der Waals surface area contributed by atoms with Crippen LogP contribution in [0.25, 0.3) is 11.3 Å². The van der Waals surface area contributed by atoms with Crippen LogP contribution in [0, 0.1) is 5.82 Å². The molecule has 8 heteroatoms. The molecule has 2 aromatic heterocycles. The van der Waals surface area contributed by atoms with Gasteiger partial charge in [-0.05, 0) is 29.8 Å². The van der Waals surface area contributed by atoms with E-state index in [4.69, 9.17) is 16.1 Å². The van der Waals surface area contributed by atoms with Crippen molar-refractivity contribution >= 4 is 23.3 Å². The van der Waals surface area contributed by atoms with Gasteiger partial charge in [0.1, 0.15) is 17.3 Å². The zero-order valence-corrected chi connectivity index (χ0v) is 15.2. The molecule has 4 aromatic rings. The third-order valence-electron chi connectivity index (χ3n) is 4.06. The van der Waals surface area contributed by atoms with Gasteiger partial charge in [0.2, 0.25) is 5.76 Å². The second-order valence-corrected chi connectivity index (χ2v) is 6.48. The first-order valence-electron chi connectivity index (χ1n) is 8.39. The summed E-state index contributed by atoms with van der Waals surface area (Å²) in [5.74, 6) is -0.354. The average molecular weight is 397 g/mol. The van der Waals surface area contributed by atoms with E-state index in [1.807, 2.05) is 12.1 Å². The van der Waals surface area contributed by atoms with Crippen LogP contribution in [0.3, 0.4) is 0 Å². The first-order chi connectivity index (χ1) is 13.6. The molecule has 6 nitrogen and oxygen atoms in total. The molecule has 1 amide bonds. The molecular weight excluding hydrogens is 383 g/mol. The Hall–Kier alpha value is -3.45. The van der Waals surface area contributed by atoms with E-state index < -0.39 is 11.7 Å². The Morgan fingerprint density at radius 2 is 1.96 bits per heavy atom. The predicted octanol–water partition coefficient (Wildman–Crippen LogP) is 4.63. The molecule has 28 heavy (non-hydrogen) atoms. The van der Waals surface area contributed by atoms with Crippen LogP contribution >= 0.6 is 11.6 Å². The summed E-state index contributed by atoms with van der Waals surface area (Å²) in [6.45, 7) is 0.463. The van der Waals surface area contributed by atoms with Crippen molar-refractivity contribution in [2.24, 2.45) is 0 Å². The van der Waals surface area contributed by atoms with E-state index in [0.717, 1.165) is 5.56 Å². The van der Waals surface area contributed by atoms with Crippen LogP contribution in [-0.2, 0) is 6.54 Å². The number of rotatable bonds is 5. The summed E-state index contributed by atoms with van der Waals surface area (Å²) in [4.78, 5) is 12.5. The lowest BCUT2D eigenvalue weighted by Gasteiger charge is -2.08. The second kappa shape index (κ2) is 7.66. The van der Waals surface area contributed by atoms with Crippen LogP contribution < -0.4 is 5.32 Å². The fourth-order valence-corrected chi connectivity index (χ4v) is 2.80. The maximum absolute atomic E-state index is 13.4. The lowest BCUT2D eigenvalue weighted by Crippen LogP contribution is -2.15. The van der Waals surface area contributed by atoms with Gasteiger partial charge >= 0.3 is 0 Å². The highest BCUT2D eigenvalue weighted by molar-refractivity contribution is 6.30. The fraction of sp³-hybridized carbons (Fsp3) is 0.0500. The Balaban J connectivity index is 1.49. The quantitative estimate of drug-likeness (QED) is 0.533. The SMILES string of the molecule is O=C(Nc1ccnn1Cc1ccc(Cl)cc1)c1cc(-c2cccc(F)c2)no1. The molecule has 0 atom stereocenters. The van der Waals surface area contributed by atoms with Crippen LogP contribution in [0.5, 0.6) is 0 Å². The van der Waals surface area contributed by atoms with E-state index in [1.165, 1.54) is 18.2 Å². The van der Waals surface area contributed by atoms with E-state index in [0.29, 0.717) is 28.6 Å². The summed E-state index contributed by atoms with van der Waals surface area (Å²) in [6, 6.07) is 16.4. The maximum Gasteiger partial charge on any atom is 0.295 e. The third kappa shape index (κ3) is 3.94. The number of hydrogen-bond donors (Lipinski definition) is 1. The summed E-state index contributed by atoms with van der Waals surface area (Å²) in [5, 5.41) is 11.5. The number of hydrogen-bond acceptors (Lipinski definition) is 4. The van der Waals surface area contributed by atoms with Crippen molar-refractivity contribution in [3.05, 3.63) is 89.0 Å². The first kappa shape index (κ1) is 17.9. The molecule has 0 fully saturated rings. The molecule has 0 spiro atoms. The Morgan fingerprint density at radius 3 is 2.75 bits per heavy atom. The van der Waals surface area contributed by atoms with Gasteiger partial charge in [-0.3, -0.25) is 4.79 Å². The van der Waals surface area contributed by atoms with Crippen LogP contribution in [-0.4, -0.2) is 20.8 Å². The summed E-state index contributed by atoms with van der Waals surface area (Å²) < 4.78 is 20.1. The number of aromatic nitrogens is 3. The van der Waals surface area contributed by atoms with Crippen molar-refractivity contribution in [2.75, 3.05) is 5.32 Å². The van der Waals surface area contributed by atoms with Crippen LogP contribution in [0.15, 0.2) is 71.4 Å². The zero-order chi connectivity index (χ0) is 19.5. The lowest BCUT2D eigenvalue weighted by molar-refractivity contribution is 0.0987. The molecule has 2 heterocycles. The molecular formula is C20H14ClFN4O2. The highest BCUT2D eigenvalue weighted by Crippen LogP contribution is 2.21. The lowest BCUT2D eigenvalue weighted by atomic mass is 10.1. The monoisotopic (exact) mass is 396 g/mol. The van der Waals surface area contributed by atoms with Crippen molar-refractivity contribution in [3.8, 4) is 11.3 Å². The molecule has 0 unspecified atom stereocenters. The van der Waals surface area contributed by atoms with Gasteiger partial charge in [0, 0.05) is 22.7 Å². The van der Waals surface area contributed by atoms with Gasteiger partial charge in [-0.15, -0.1) is 0 Å². The van der Waals surface area contributed by atoms with Crippen molar-refractivity contribution in [1.82, 2.24) is 14.9 Å². The van der Waals surface area contributed by atoms with Crippen LogP contribution in [0.4, 0.5) is 10.2 Å². The topological polar surface area (TPSA) is 73.0 Å². The van der Waals surface area contributed by atoms with Crippen molar-refractivity contribution < 1.29 is 13.7 Å². The Kier molecular flexibility index (Phi) is 4.90. The molecule has 4 rings (SSSR count). The molecule has 0 bridgehead atoms. The average Bonchev–Trinajstić information content (AvgIpc) is 3.34. The minimum atomic E-state index is -0.479. The van der Waals surface area contributed by atoms with Gasteiger partial charge in [-0.1, -0.05) is 41.0 Å². The third-order valence-corrected chi connectivity index (χ3v) is 4.31. The Morgan fingerprint density at radius 1 is 1.14 bits per heavy atom. The number of carbonyl (C=O) groups is 1. The minimum absolute atomic E-state index is 0.0125. The van der Waals surface area contributed by atoms with E-state index >= 15 is 0 Å². The molecule has 0 aliphatic heterocycles. The molecule has 0 aliphatic rings. The van der Waals surface area contributed by atoms with E-state index in [2.05, 4.69) is 15.6 Å². The number of nitrogens with zero attached hydrogens (tertiary/aromatic N) is 3. The molecule has 0 aliphatic carbocycles. The number of nitrogens with one attached hydrogen (secondary N) is 1. The molecule has 0 saturated heterocycles. The normalized spacial score (nSPS) is 10.8. The molecule has 1 N–H and O–H groups in total. The molecule has 0 radical (unpaired) electrons. The predicted molar refractivity (Wildman–Crippen MR) is 103 cm³/mol. The number of benzene rings is 2. The zero-order valence-electron chi connectivity index (χ0n) is 14.5.